The molecule has 0 aliphatic carbocycles. The average molecular weight is 300 g/mol. The van der Waals surface area contributed by atoms with Crippen molar-refractivity contribution in [3.8, 4) is 0 Å². The van der Waals surface area contributed by atoms with E-state index < -0.39 is 0 Å². The summed E-state index contributed by atoms with van der Waals surface area (Å²) in [7, 11) is 0. The molecule has 1 aromatic rings. The molecule has 4 heteroatoms. The highest BCUT2D eigenvalue weighted by molar-refractivity contribution is 6.40. The zero-order valence-electron chi connectivity index (χ0n) is 13.4. The van der Waals surface area contributed by atoms with Crippen LogP contribution in [0.25, 0.3) is 0 Å². The molecule has 0 saturated carbocycles. The molecule has 22 heavy (non-hydrogen) atoms. The summed E-state index contributed by atoms with van der Waals surface area (Å²) in [6.07, 6.45) is 5.00. The molecule has 118 valence electrons. The largest absolute Gasteiger partial charge is 0.329 e. The van der Waals surface area contributed by atoms with E-state index in [2.05, 4.69) is 0 Å². The Morgan fingerprint density at radius 3 is 2.41 bits per heavy atom. The summed E-state index contributed by atoms with van der Waals surface area (Å²) in [6, 6.07) is 8.22. The standard InChI is InChI=1S/C18H24N2O2/c1-13-7-5-8-14(2)20(13)18(22)17(21)19-12-6-10-15-9-3-4-11-16(15)19/h3-4,9,11,13-14H,5-8,10,12H2,1-2H3. The molecule has 0 aromatic heterocycles. The van der Waals surface area contributed by atoms with Crippen molar-refractivity contribution in [2.45, 2.75) is 58.0 Å². The van der Waals surface area contributed by atoms with Gasteiger partial charge >= 0.3 is 11.8 Å². The quantitative estimate of drug-likeness (QED) is 0.691. The Balaban J connectivity index is 1.84. The van der Waals surface area contributed by atoms with E-state index >= 15 is 0 Å². The van der Waals surface area contributed by atoms with Crippen LogP contribution in [0.4, 0.5) is 5.69 Å². The van der Waals surface area contributed by atoms with Crippen LogP contribution in [0.15, 0.2) is 24.3 Å². The Morgan fingerprint density at radius 2 is 1.68 bits per heavy atom. The number of fused-ring (bicyclic) bond motifs is 1. The highest BCUT2D eigenvalue weighted by Crippen LogP contribution is 2.28. The van der Waals surface area contributed by atoms with E-state index in [1.807, 2.05) is 38.1 Å². The van der Waals surface area contributed by atoms with Crippen molar-refractivity contribution in [1.82, 2.24) is 4.90 Å². The number of aryl methyl sites for hydroxylation is 1. The lowest BCUT2D eigenvalue weighted by atomic mass is 9.97. The number of likely N-dealkylation sites (tertiary alicyclic amines) is 1. The minimum absolute atomic E-state index is 0.153. The number of anilines is 1. The predicted molar refractivity (Wildman–Crippen MR) is 86.7 cm³/mol. The van der Waals surface area contributed by atoms with E-state index in [4.69, 9.17) is 0 Å². The minimum Gasteiger partial charge on any atom is -0.329 e. The number of nitrogens with zero attached hydrogens (tertiary/aromatic N) is 2. The Morgan fingerprint density at radius 1 is 1.00 bits per heavy atom. The molecule has 2 amide bonds. The van der Waals surface area contributed by atoms with Gasteiger partial charge in [0.1, 0.15) is 0 Å². The van der Waals surface area contributed by atoms with Crippen molar-refractivity contribution in [1.29, 1.82) is 0 Å². The Hall–Kier alpha value is -1.84. The van der Waals surface area contributed by atoms with Gasteiger partial charge in [-0.15, -0.1) is 0 Å². The van der Waals surface area contributed by atoms with Crippen LogP contribution in [0, 0.1) is 0 Å². The van der Waals surface area contributed by atoms with E-state index in [1.165, 1.54) is 0 Å². The summed E-state index contributed by atoms with van der Waals surface area (Å²) in [4.78, 5) is 29.0. The van der Waals surface area contributed by atoms with E-state index in [0.29, 0.717) is 6.54 Å². The summed E-state index contributed by atoms with van der Waals surface area (Å²) in [5.41, 5.74) is 2.07. The number of carbonyl (C=O) groups is 2. The summed E-state index contributed by atoms with van der Waals surface area (Å²) >= 11 is 0. The SMILES string of the molecule is CC1CCCC(C)N1C(=O)C(=O)N1CCCc2ccccc21. The molecule has 2 aliphatic heterocycles. The second-order valence-electron chi connectivity index (χ2n) is 6.53. The van der Waals surface area contributed by atoms with Crippen LogP contribution in [-0.4, -0.2) is 35.3 Å². The number of rotatable bonds is 0. The smallest absolute Gasteiger partial charge is 0.316 e. The van der Waals surface area contributed by atoms with Crippen molar-refractivity contribution < 1.29 is 9.59 Å². The van der Waals surface area contributed by atoms with Gasteiger partial charge in [0.15, 0.2) is 0 Å². The first-order chi connectivity index (χ1) is 10.6. The molecular weight excluding hydrogens is 276 g/mol. The molecule has 3 rings (SSSR count). The lowest BCUT2D eigenvalue weighted by Gasteiger charge is -2.40. The molecule has 2 heterocycles. The molecule has 1 saturated heterocycles. The second kappa shape index (κ2) is 6.11. The molecule has 1 fully saturated rings. The normalized spacial score (nSPS) is 24.8. The minimum atomic E-state index is -0.368. The van der Waals surface area contributed by atoms with Crippen LogP contribution >= 0.6 is 0 Å². The maximum atomic E-state index is 12.8. The molecule has 0 bridgehead atoms. The Kier molecular flexibility index (Phi) is 4.19. The van der Waals surface area contributed by atoms with Crippen LogP contribution in [-0.2, 0) is 16.0 Å². The summed E-state index contributed by atoms with van der Waals surface area (Å²) in [6.45, 7) is 4.73. The zero-order chi connectivity index (χ0) is 15.7. The number of hydrogen-bond donors (Lipinski definition) is 0. The molecule has 0 N–H and O–H groups in total. The summed E-state index contributed by atoms with van der Waals surface area (Å²) < 4.78 is 0. The van der Waals surface area contributed by atoms with Gasteiger partial charge in [-0.1, -0.05) is 18.2 Å². The average Bonchev–Trinajstić information content (AvgIpc) is 2.53. The molecular formula is C18H24N2O2. The van der Waals surface area contributed by atoms with Crippen LogP contribution in [0.1, 0.15) is 45.1 Å². The predicted octanol–water partition coefficient (Wildman–Crippen LogP) is 2.76. The number of benzene rings is 1. The van der Waals surface area contributed by atoms with Crippen molar-refractivity contribution >= 4 is 17.5 Å². The van der Waals surface area contributed by atoms with Crippen LogP contribution in [0.3, 0.4) is 0 Å². The number of amides is 2. The van der Waals surface area contributed by atoms with Crippen LogP contribution in [0.5, 0.6) is 0 Å². The molecule has 4 nitrogen and oxygen atoms in total. The molecule has 0 radical (unpaired) electrons. The Labute approximate surface area is 132 Å². The molecule has 2 atom stereocenters. The third-order valence-electron chi connectivity index (χ3n) is 4.97. The number of para-hydroxylation sites is 1. The fourth-order valence-electron chi connectivity index (χ4n) is 3.79. The van der Waals surface area contributed by atoms with Gasteiger partial charge < -0.3 is 9.80 Å². The number of hydrogen-bond acceptors (Lipinski definition) is 2. The number of carbonyl (C=O) groups excluding carboxylic acids is 2. The third-order valence-corrected chi connectivity index (χ3v) is 4.97. The van der Waals surface area contributed by atoms with Crippen molar-refractivity contribution in [3.63, 3.8) is 0 Å². The molecule has 0 spiro atoms. The molecule has 1 aromatic carbocycles. The summed E-state index contributed by atoms with van der Waals surface area (Å²) in [5, 5.41) is 0. The third kappa shape index (κ3) is 2.62. The van der Waals surface area contributed by atoms with Crippen molar-refractivity contribution in [2.24, 2.45) is 0 Å². The van der Waals surface area contributed by atoms with Gasteiger partial charge in [-0.05, 0) is 57.6 Å². The lowest BCUT2D eigenvalue weighted by Crippen LogP contribution is -2.54. The van der Waals surface area contributed by atoms with Gasteiger partial charge in [0, 0.05) is 24.3 Å². The maximum Gasteiger partial charge on any atom is 0.316 e. The van der Waals surface area contributed by atoms with Crippen molar-refractivity contribution in [2.75, 3.05) is 11.4 Å². The van der Waals surface area contributed by atoms with Gasteiger partial charge in [0.05, 0.1) is 0 Å². The highest BCUT2D eigenvalue weighted by Gasteiger charge is 2.36. The summed E-state index contributed by atoms with van der Waals surface area (Å²) in [5.74, 6) is -0.704. The lowest BCUT2D eigenvalue weighted by molar-refractivity contribution is -0.148. The highest BCUT2D eigenvalue weighted by atomic mass is 16.2. The van der Waals surface area contributed by atoms with E-state index in [9.17, 15) is 9.59 Å². The van der Waals surface area contributed by atoms with E-state index in [0.717, 1.165) is 43.4 Å². The van der Waals surface area contributed by atoms with Crippen LogP contribution in [0.2, 0.25) is 0 Å². The fourth-order valence-corrected chi connectivity index (χ4v) is 3.79. The first-order valence-electron chi connectivity index (χ1n) is 8.31. The van der Waals surface area contributed by atoms with Crippen molar-refractivity contribution in [3.05, 3.63) is 29.8 Å². The number of piperidine rings is 1. The van der Waals surface area contributed by atoms with Gasteiger partial charge in [0.2, 0.25) is 0 Å². The van der Waals surface area contributed by atoms with Gasteiger partial charge in [-0.25, -0.2) is 0 Å². The van der Waals surface area contributed by atoms with Gasteiger partial charge in [-0.2, -0.15) is 0 Å². The Bertz CT molecular complexity index is 574. The van der Waals surface area contributed by atoms with Gasteiger partial charge in [-0.3, -0.25) is 9.59 Å². The van der Waals surface area contributed by atoms with Gasteiger partial charge in [0.25, 0.3) is 0 Å². The van der Waals surface area contributed by atoms with Crippen LogP contribution < -0.4 is 4.90 Å². The second-order valence-corrected chi connectivity index (χ2v) is 6.53. The first-order valence-corrected chi connectivity index (χ1v) is 8.31. The zero-order valence-corrected chi connectivity index (χ0v) is 13.4. The first kappa shape index (κ1) is 15.1. The van der Waals surface area contributed by atoms with E-state index in [1.54, 1.807) is 9.80 Å². The fraction of sp³-hybridized carbons (Fsp3) is 0.556. The maximum absolute atomic E-state index is 12.8. The topological polar surface area (TPSA) is 40.6 Å². The monoisotopic (exact) mass is 300 g/mol. The van der Waals surface area contributed by atoms with E-state index in [-0.39, 0.29) is 23.9 Å². The molecule has 2 unspecified atom stereocenters. The molecule has 2 aliphatic rings.